The number of carbonyl (C=O) groups excluding carboxylic acids is 3. The van der Waals surface area contributed by atoms with Gasteiger partial charge in [0, 0.05) is 12.3 Å². The fraction of sp³-hybridized carbons (Fsp3) is 0.500. The summed E-state index contributed by atoms with van der Waals surface area (Å²) in [5, 5.41) is 23.7. The van der Waals surface area contributed by atoms with Crippen LogP contribution >= 0.6 is 12.6 Å². The standard InChI is InChI=1S/C20H28N4O6S/c21-13(9-12-5-2-1-3-6-12)17(26)23-15(11-31)18(27)22-14(10-25)19(28)24-8-4-7-16(24)20(29)30/h1-3,5-6,13-16,25,31H,4,7-11,21H2,(H,22,27)(H,23,26)(H,29,30). The quantitative estimate of drug-likeness (QED) is 0.236. The molecule has 1 heterocycles. The summed E-state index contributed by atoms with van der Waals surface area (Å²) in [6.07, 6.45) is 1.10. The first-order chi connectivity index (χ1) is 14.8. The number of hydrogen-bond donors (Lipinski definition) is 6. The van der Waals surface area contributed by atoms with E-state index in [1.807, 2.05) is 30.3 Å². The maximum atomic E-state index is 12.6. The van der Waals surface area contributed by atoms with E-state index in [1.54, 1.807) is 0 Å². The first-order valence-electron chi connectivity index (χ1n) is 9.93. The lowest BCUT2D eigenvalue weighted by Gasteiger charge is -2.27. The van der Waals surface area contributed by atoms with Gasteiger partial charge in [-0.25, -0.2) is 4.79 Å². The number of amides is 3. The Morgan fingerprint density at radius 2 is 1.77 bits per heavy atom. The summed E-state index contributed by atoms with van der Waals surface area (Å²) in [5.41, 5.74) is 6.79. The molecular weight excluding hydrogens is 424 g/mol. The average Bonchev–Trinajstić information content (AvgIpc) is 3.26. The zero-order valence-corrected chi connectivity index (χ0v) is 17.8. The van der Waals surface area contributed by atoms with E-state index in [0.29, 0.717) is 12.8 Å². The molecule has 0 spiro atoms. The van der Waals surface area contributed by atoms with E-state index in [-0.39, 0.29) is 18.7 Å². The highest BCUT2D eigenvalue weighted by Crippen LogP contribution is 2.18. The number of nitrogens with one attached hydrogen (secondary N) is 2. The van der Waals surface area contributed by atoms with E-state index in [1.165, 1.54) is 0 Å². The molecule has 1 aliphatic rings. The van der Waals surface area contributed by atoms with Crippen molar-refractivity contribution in [1.82, 2.24) is 15.5 Å². The summed E-state index contributed by atoms with van der Waals surface area (Å²) in [4.78, 5) is 50.1. The fourth-order valence-corrected chi connectivity index (χ4v) is 3.64. The number of carboxylic acid groups (broad SMARTS) is 1. The number of thiol groups is 1. The lowest BCUT2D eigenvalue weighted by Crippen LogP contribution is -2.58. The lowest BCUT2D eigenvalue weighted by molar-refractivity contribution is -0.150. The summed E-state index contributed by atoms with van der Waals surface area (Å²) in [6.45, 7) is -0.489. The van der Waals surface area contributed by atoms with Crippen LogP contribution in [0, 0.1) is 0 Å². The third-order valence-corrected chi connectivity index (χ3v) is 5.43. The highest BCUT2D eigenvalue weighted by atomic mass is 32.1. The predicted octanol–water partition coefficient (Wildman–Crippen LogP) is -1.48. The van der Waals surface area contributed by atoms with Crippen molar-refractivity contribution in [2.45, 2.75) is 43.4 Å². The van der Waals surface area contributed by atoms with Gasteiger partial charge >= 0.3 is 5.97 Å². The largest absolute Gasteiger partial charge is 0.480 e. The second-order valence-electron chi connectivity index (χ2n) is 7.31. The van der Waals surface area contributed by atoms with Gasteiger partial charge in [-0.3, -0.25) is 14.4 Å². The number of benzene rings is 1. The highest BCUT2D eigenvalue weighted by molar-refractivity contribution is 7.80. The third kappa shape index (κ3) is 6.68. The Morgan fingerprint density at radius 3 is 2.35 bits per heavy atom. The monoisotopic (exact) mass is 452 g/mol. The van der Waals surface area contributed by atoms with Gasteiger partial charge in [0.2, 0.25) is 17.7 Å². The molecule has 1 aromatic rings. The van der Waals surface area contributed by atoms with E-state index in [4.69, 9.17) is 5.73 Å². The molecule has 4 atom stereocenters. The van der Waals surface area contributed by atoms with Crippen molar-refractivity contribution in [3.63, 3.8) is 0 Å². The van der Waals surface area contributed by atoms with Gasteiger partial charge in [0.1, 0.15) is 18.1 Å². The number of likely N-dealkylation sites (tertiary alicyclic amines) is 1. The smallest absolute Gasteiger partial charge is 0.326 e. The zero-order valence-electron chi connectivity index (χ0n) is 16.9. The molecule has 2 rings (SSSR count). The molecule has 6 N–H and O–H groups in total. The van der Waals surface area contributed by atoms with Crippen molar-refractivity contribution in [1.29, 1.82) is 0 Å². The molecule has 11 heteroatoms. The van der Waals surface area contributed by atoms with Gasteiger partial charge in [0.25, 0.3) is 0 Å². The molecule has 170 valence electrons. The summed E-state index contributed by atoms with van der Waals surface area (Å²) in [6, 6.07) is 4.85. The summed E-state index contributed by atoms with van der Waals surface area (Å²) in [7, 11) is 0. The van der Waals surface area contributed by atoms with Crippen molar-refractivity contribution in [2.75, 3.05) is 18.9 Å². The molecule has 3 amide bonds. The number of aliphatic hydroxyl groups excluding tert-OH is 1. The lowest BCUT2D eigenvalue weighted by atomic mass is 10.1. The molecule has 1 aliphatic heterocycles. The number of carbonyl (C=O) groups is 4. The minimum Gasteiger partial charge on any atom is -0.480 e. The molecule has 1 saturated heterocycles. The van der Waals surface area contributed by atoms with Gasteiger partial charge < -0.3 is 31.5 Å². The second-order valence-corrected chi connectivity index (χ2v) is 7.68. The Balaban J connectivity index is 1.96. The van der Waals surface area contributed by atoms with Crippen LogP contribution in [0.3, 0.4) is 0 Å². The SMILES string of the molecule is NC(Cc1ccccc1)C(=O)NC(CS)C(=O)NC(CO)C(=O)N1CCCC1C(=O)O. The Morgan fingerprint density at radius 1 is 1.13 bits per heavy atom. The molecule has 0 aromatic heterocycles. The van der Waals surface area contributed by atoms with Crippen LogP contribution < -0.4 is 16.4 Å². The number of aliphatic carboxylic acids is 1. The molecule has 4 unspecified atom stereocenters. The summed E-state index contributed by atoms with van der Waals surface area (Å²) in [5.74, 6) is -3.18. The van der Waals surface area contributed by atoms with Gasteiger partial charge in [-0.2, -0.15) is 12.6 Å². The van der Waals surface area contributed by atoms with Crippen molar-refractivity contribution in [2.24, 2.45) is 5.73 Å². The maximum Gasteiger partial charge on any atom is 0.326 e. The summed E-state index contributed by atoms with van der Waals surface area (Å²) >= 11 is 4.08. The molecule has 0 aliphatic carbocycles. The first kappa shape index (κ1) is 24.6. The van der Waals surface area contributed by atoms with Gasteiger partial charge in [0.05, 0.1) is 12.6 Å². The van der Waals surface area contributed by atoms with Crippen molar-refractivity contribution in [3.05, 3.63) is 35.9 Å². The number of nitrogens with two attached hydrogens (primary N) is 1. The van der Waals surface area contributed by atoms with Crippen molar-refractivity contribution < 1.29 is 29.4 Å². The van der Waals surface area contributed by atoms with Crippen LogP contribution in [0.4, 0.5) is 0 Å². The second kappa shape index (κ2) is 11.7. The zero-order chi connectivity index (χ0) is 23.0. The van der Waals surface area contributed by atoms with E-state index >= 15 is 0 Å². The van der Waals surface area contributed by atoms with E-state index in [2.05, 4.69) is 23.3 Å². The van der Waals surface area contributed by atoms with Crippen LogP contribution in [0.25, 0.3) is 0 Å². The molecule has 0 saturated carbocycles. The number of rotatable bonds is 10. The van der Waals surface area contributed by atoms with Crippen LogP contribution in [0.1, 0.15) is 18.4 Å². The average molecular weight is 453 g/mol. The maximum absolute atomic E-state index is 12.6. The van der Waals surface area contributed by atoms with Gasteiger partial charge in [0.15, 0.2) is 0 Å². The van der Waals surface area contributed by atoms with Crippen molar-refractivity contribution in [3.8, 4) is 0 Å². The molecule has 10 nitrogen and oxygen atoms in total. The van der Waals surface area contributed by atoms with Crippen LogP contribution in [0.5, 0.6) is 0 Å². The number of nitrogens with zero attached hydrogens (tertiary/aromatic N) is 1. The minimum atomic E-state index is -1.33. The van der Waals surface area contributed by atoms with Gasteiger partial charge in [-0.15, -0.1) is 0 Å². The van der Waals surface area contributed by atoms with E-state index < -0.39 is 54.5 Å². The normalized spacial score (nSPS) is 18.7. The molecular formula is C20H28N4O6S. The van der Waals surface area contributed by atoms with Gasteiger partial charge in [-0.05, 0) is 24.8 Å². The molecule has 31 heavy (non-hydrogen) atoms. The molecule has 0 radical (unpaired) electrons. The predicted molar refractivity (Wildman–Crippen MR) is 115 cm³/mol. The first-order valence-corrected chi connectivity index (χ1v) is 10.6. The highest BCUT2D eigenvalue weighted by Gasteiger charge is 2.38. The van der Waals surface area contributed by atoms with E-state index in [0.717, 1.165) is 10.5 Å². The number of hydrogen-bond acceptors (Lipinski definition) is 7. The topological polar surface area (TPSA) is 162 Å². The van der Waals surface area contributed by atoms with Crippen LogP contribution in [0.15, 0.2) is 30.3 Å². The fourth-order valence-electron chi connectivity index (χ4n) is 3.38. The summed E-state index contributed by atoms with van der Waals surface area (Å²) < 4.78 is 0. The number of carboxylic acids is 1. The van der Waals surface area contributed by atoms with Gasteiger partial charge in [-0.1, -0.05) is 30.3 Å². The van der Waals surface area contributed by atoms with Crippen molar-refractivity contribution >= 4 is 36.3 Å². The third-order valence-electron chi connectivity index (χ3n) is 5.07. The minimum absolute atomic E-state index is 0.0660. The number of aliphatic hydroxyl groups is 1. The van der Waals surface area contributed by atoms with Crippen LogP contribution in [0.2, 0.25) is 0 Å². The molecule has 0 bridgehead atoms. The molecule has 1 fully saturated rings. The van der Waals surface area contributed by atoms with E-state index in [9.17, 15) is 29.4 Å². The Hall–Kier alpha value is -2.63. The van der Waals surface area contributed by atoms with Crippen LogP contribution in [-0.2, 0) is 25.6 Å². The Labute approximate surface area is 185 Å². The Bertz CT molecular complexity index is 793. The molecule has 1 aromatic carbocycles. The van der Waals surface area contributed by atoms with Crippen LogP contribution in [-0.4, -0.2) is 81.9 Å². The Kier molecular flexibility index (Phi) is 9.28.